The van der Waals surface area contributed by atoms with E-state index in [4.69, 9.17) is 5.11 Å². The van der Waals surface area contributed by atoms with Gasteiger partial charge in [-0.25, -0.2) is 4.39 Å². The Balaban J connectivity index is 1.55. The Morgan fingerprint density at radius 2 is 2.19 bits per heavy atom. The predicted molar refractivity (Wildman–Crippen MR) is 74.2 cm³/mol. The summed E-state index contributed by atoms with van der Waals surface area (Å²) < 4.78 is 13.1. The minimum absolute atomic E-state index is 0.201. The second-order valence-electron chi connectivity index (χ2n) is 5.33. The highest BCUT2D eigenvalue weighted by Gasteiger charge is 2.48. The summed E-state index contributed by atoms with van der Waals surface area (Å²) in [5, 5.41) is 12.5. The number of amides is 1. The number of aromatic nitrogens is 1. The van der Waals surface area contributed by atoms with E-state index in [1.165, 1.54) is 12.1 Å². The fourth-order valence-corrected chi connectivity index (χ4v) is 2.57. The number of H-pyrrole nitrogens is 1. The van der Waals surface area contributed by atoms with Gasteiger partial charge in [-0.2, -0.15) is 0 Å². The number of carbonyl (C=O) groups excluding carboxylic acids is 1. The highest BCUT2D eigenvalue weighted by atomic mass is 19.1. The van der Waals surface area contributed by atoms with Crippen LogP contribution in [-0.4, -0.2) is 28.5 Å². The molecule has 3 rings (SSSR count). The van der Waals surface area contributed by atoms with Gasteiger partial charge in [-0.1, -0.05) is 0 Å². The van der Waals surface area contributed by atoms with Crippen LogP contribution in [0.15, 0.2) is 24.4 Å². The molecule has 21 heavy (non-hydrogen) atoms. The van der Waals surface area contributed by atoms with Crippen LogP contribution < -0.4 is 5.32 Å². The van der Waals surface area contributed by atoms with Gasteiger partial charge in [-0.15, -0.1) is 0 Å². The third-order valence-corrected chi connectivity index (χ3v) is 3.87. The molecule has 110 valence electrons. The Hall–Kier alpha value is -2.37. The average molecular weight is 290 g/mol. The van der Waals surface area contributed by atoms with Crippen molar-refractivity contribution in [1.29, 1.82) is 0 Å². The molecule has 1 amide bonds. The smallest absolute Gasteiger partial charge is 0.307 e. The molecule has 2 aromatic rings. The lowest BCUT2D eigenvalue weighted by molar-refractivity contribution is -0.140. The van der Waals surface area contributed by atoms with Crippen molar-refractivity contribution in [2.45, 2.75) is 12.8 Å². The zero-order chi connectivity index (χ0) is 15.0. The molecule has 0 aliphatic heterocycles. The number of hydrogen-bond acceptors (Lipinski definition) is 2. The monoisotopic (exact) mass is 290 g/mol. The Labute approximate surface area is 120 Å². The van der Waals surface area contributed by atoms with E-state index < -0.39 is 11.9 Å². The molecule has 2 unspecified atom stereocenters. The highest BCUT2D eigenvalue weighted by molar-refractivity contribution is 5.89. The van der Waals surface area contributed by atoms with Gasteiger partial charge in [0.05, 0.1) is 11.8 Å². The summed E-state index contributed by atoms with van der Waals surface area (Å²) in [5.41, 5.74) is 1.72. The molecule has 0 bridgehead atoms. The highest BCUT2D eigenvalue weighted by Crippen LogP contribution is 2.38. The van der Waals surface area contributed by atoms with Gasteiger partial charge in [0.1, 0.15) is 5.82 Å². The van der Waals surface area contributed by atoms with Crippen molar-refractivity contribution >= 4 is 22.8 Å². The van der Waals surface area contributed by atoms with Crippen molar-refractivity contribution in [3.05, 3.63) is 35.8 Å². The topological polar surface area (TPSA) is 82.2 Å². The van der Waals surface area contributed by atoms with Gasteiger partial charge >= 0.3 is 5.97 Å². The van der Waals surface area contributed by atoms with Crippen LogP contribution in [0.4, 0.5) is 4.39 Å². The molecule has 1 aromatic carbocycles. The lowest BCUT2D eigenvalue weighted by Gasteiger charge is -2.04. The Bertz CT molecular complexity index is 710. The maximum absolute atomic E-state index is 13.1. The van der Waals surface area contributed by atoms with Crippen molar-refractivity contribution in [2.24, 2.45) is 11.8 Å². The van der Waals surface area contributed by atoms with Gasteiger partial charge in [0.25, 0.3) is 0 Å². The van der Waals surface area contributed by atoms with Crippen LogP contribution in [0.25, 0.3) is 10.9 Å². The Morgan fingerprint density at radius 1 is 1.38 bits per heavy atom. The summed E-state index contributed by atoms with van der Waals surface area (Å²) in [6.45, 7) is 0.437. The standard InChI is InChI=1S/C15H15FN2O3/c16-9-1-2-10-8(7-18-13(10)5-9)3-4-17-14(19)11-6-12(11)15(20)21/h1-2,5,7,11-12,18H,3-4,6H2,(H,17,19)(H,20,21). The fraction of sp³-hybridized carbons (Fsp3) is 0.333. The maximum Gasteiger partial charge on any atom is 0.307 e. The molecule has 1 aliphatic carbocycles. The summed E-state index contributed by atoms with van der Waals surface area (Å²) in [6, 6.07) is 4.54. The van der Waals surface area contributed by atoms with Crippen molar-refractivity contribution in [3.8, 4) is 0 Å². The van der Waals surface area contributed by atoms with E-state index in [1.807, 2.05) is 0 Å². The Morgan fingerprint density at radius 3 is 2.90 bits per heavy atom. The van der Waals surface area contributed by atoms with Gasteiger partial charge in [-0.05, 0) is 36.6 Å². The molecule has 0 saturated heterocycles. The molecular weight excluding hydrogens is 275 g/mol. The van der Waals surface area contributed by atoms with Crippen molar-refractivity contribution < 1.29 is 19.1 Å². The molecule has 2 atom stereocenters. The van der Waals surface area contributed by atoms with E-state index in [2.05, 4.69) is 10.3 Å². The van der Waals surface area contributed by atoms with E-state index in [9.17, 15) is 14.0 Å². The summed E-state index contributed by atoms with van der Waals surface area (Å²) in [6.07, 6.45) is 2.84. The van der Waals surface area contributed by atoms with Crippen LogP contribution in [-0.2, 0) is 16.0 Å². The second kappa shape index (κ2) is 5.20. The first-order valence-electron chi connectivity index (χ1n) is 6.82. The molecule has 1 aliphatic rings. The van der Waals surface area contributed by atoms with Gasteiger partial charge < -0.3 is 15.4 Å². The zero-order valence-corrected chi connectivity index (χ0v) is 11.2. The maximum atomic E-state index is 13.1. The van der Waals surface area contributed by atoms with Gasteiger partial charge in [0.2, 0.25) is 5.91 Å². The molecule has 0 spiro atoms. The summed E-state index contributed by atoms with van der Waals surface area (Å²) in [4.78, 5) is 25.4. The number of fused-ring (bicyclic) bond motifs is 1. The number of aliphatic carboxylic acids is 1. The van der Waals surface area contributed by atoms with Crippen LogP contribution in [0.5, 0.6) is 0 Å². The first-order valence-corrected chi connectivity index (χ1v) is 6.82. The first-order chi connectivity index (χ1) is 10.1. The van der Waals surface area contributed by atoms with Crippen LogP contribution in [0.2, 0.25) is 0 Å². The average Bonchev–Trinajstić information content (AvgIpc) is 3.16. The number of carboxylic acid groups (broad SMARTS) is 1. The second-order valence-corrected chi connectivity index (χ2v) is 5.33. The number of benzene rings is 1. The molecule has 1 aromatic heterocycles. The molecule has 1 saturated carbocycles. The van der Waals surface area contributed by atoms with Crippen molar-refractivity contribution in [1.82, 2.24) is 10.3 Å². The fourth-order valence-electron chi connectivity index (χ4n) is 2.57. The third-order valence-electron chi connectivity index (χ3n) is 3.87. The third kappa shape index (κ3) is 2.74. The Kier molecular flexibility index (Phi) is 3.37. The molecule has 5 nitrogen and oxygen atoms in total. The molecule has 1 fully saturated rings. The van der Waals surface area contributed by atoms with Crippen LogP contribution in [0.3, 0.4) is 0 Å². The lowest BCUT2D eigenvalue weighted by Crippen LogP contribution is -2.28. The molecule has 0 radical (unpaired) electrons. The number of carbonyl (C=O) groups is 2. The minimum Gasteiger partial charge on any atom is -0.481 e. The van der Waals surface area contributed by atoms with Crippen LogP contribution in [0, 0.1) is 17.7 Å². The summed E-state index contributed by atoms with van der Waals surface area (Å²) in [5.74, 6) is -2.32. The predicted octanol–water partition coefficient (Wildman–Crippen LogP) is 1.69. The van der Waals surface area contributed by atoms with Gasteiger partial charge in [-0.3, -0.25) is 9.59 Å². The van der Waals surface area contributed by atoms with E-state index in [0.717, 1.165) is 16.5 Å². The van der Waals surface area contributed by atoms with Gasteiger partial charge in [0.15, 0.2) is 0 Å². The number of rotatable bonds is 5. The van der Waals surface area contributed by atoms with Gasteiger partial charge in [0, 0.05) is 23.6 Å². The number of halogens is 1. The van der Waals surface area contributed by atoms with E-state index in [0.29, 0.717) is 19.4 Å². The van der Waals surface area contributed by atoms with Crippen molar-refractivity contribution in [2.75, 3.05) is 6.54 Å². The summed E-state index contributed by atoms with van der Waals surface area (Å²) in [7, 11) is 0. The largest absolute Gasteiger partial charge is 0.481 e. The van der Waals surface area contributed by atoms with E-state index >= 15 is 0 Å². The van der Waals surface area contributed by atoms with E-state index in [1.54, 1.807) is 12.3 Å². The zero-order valence-electron chi connectivity index (χ0n) is 11.2. The molecule has 1 heterocycles. The summed E-state index contributed by atoms with van der Waals surface area (Å²) >= 11 is 0. The minimum atomic E-state index is -0.909. The van der Waals surface area contributed by atoms with Crippen LogP contribution >= 0.6 is 0 Å². The number of nitrogens with one attached hydrogen (secondary N) is 2. The molecule has 6 heteroatoms. The lowest BCUT2D eigenvalue weighted by atomic mass is 10.1. The molecular formula is C15H15FN2O3. The number of hydrogen-bond donors (Lipinski definition) is 3. The van der Waals surface area contributed by atoms with Crippen molar-refractivity contribution in [3.63, 3.8) is 0 Å². The van der Waals surface area contributed by atoms with E-state index in [-0.39, 0.29) is 17.6 Å². The molecule has 3 N–H and O–H groups in total. The number of carboxylic acids is 1. The number of aromatic amines is 1. The van der Waals surface area contributed by atoms with Crippen LogP contribution in [0.1, 0.15) is 12.0 Å². The SMILES string of the molecule is O=C(O)C1CC1C(=O)NCCc1c[nH]c2cc(F)ccc12. The normalized spacial score (nSPS) is 20.4. The quantitative estimate of drug-likeness (QED) is 0.783. The first kappa shape index (κ1) is 13.6.